The molecule has 1 fully saturated rings. The van der Waals surface area contributed by atoms with Gasteiger partial charge in [-0.05, 0) is 18.8 Å². The number of rotatable bonds is 6. The molecule has 8 heteroatoms. The quantitative estimate of drug-likeness (QED) is 0.796. The number of carboxylic acid groups (broad SMARTS) is 1. The van der Waals surface area contributed by atoms with Crippen LogP contribution in [0.25, 0.3) is 0 Å². The second kappa shape index (κ2) is 6.66. The number of aromatic nitrogens is 3. The number of carbonyl (C=O) groups excluding carboxylic acids is 1. The molecule has 1 aliphatic heterocycles. The summed E-state index contributed by atoms with van der Waals surface area (Å²) in [5, 5.41) is 19.4. The maximum atomic E-state index is 11.9. The second-order valence-electron chi connectivity index (χ2n) is 5.49. The lowest BCUT2D eigenvalue weighted by molar-refractivity contribution is -0.122. The van der Waals surface area contributed by atoms with E-state index in [0.29, 0.717) is 31.2 Å². The first-order chi connectivity index (χ1) is 9.99. The van der Waals surface area contributed by atoms with E-state index in [9.17, 15) is 14.7 Å². The van der Waals surface area contributed by atoms with Gasteiger partial charge in [-0.1, -0.05) is 19.1 Å². The minimum absolute atomic E-state index is 0.0534. The SMILES string of the molecule is CC(C)CNC(=O)Cn1nnc(C(=O)O)c1C1CCCO1. The molecular weight excluding hydrogens is 276 g/mol. The Labute approximate surface area is 122 Å². The Balaban J connectivity index is 2.15. The van der Waals surface area contributed by atoms with Crippen LogP contribution in [0.5, 0.6) is 0 Å². The maximum Gasteiger partial charge on any atom is 0.358 e. The molecule has 0 aliphatic carbocycles. The Morgan fingerprint density at radius 3 is 2.86 bits per heavy atom. The minimum atomic E-state index is -1.16. The Morgan fingerprint density at radius 2 is 2.29 bits per heavy atom. The van der Waals surface area contributed by atoms with Crippen LogP contribution in [0.3, 0.4) is 0 Å². The Morgan fingerprint density at radius 1 is 1.52 bits per heavy atom. The van der Waals surface area contributed by atoms with Gasteiger partial charge in [0, 0.05) is 13.2 Å². The van der Waals surface area contributed by atoms with E-state index in [-0.39, 0.29) is 24.2 Å². The smallest absolute Gasteiger partial charge is 0.358 e. The van der Waals surface area contributed by atoms with Gasteiger partial charge in [0.15, 0.2) is 5.69 Å². The van der Waals surface area contributed by atoms with E-state index in [2.05, 4.69) is 15.6 Å². The van der Waals surface area contributed by atoms with Gasteiger partial charge in [0.1, 0.15) is 18.3 Å². The first-order valence-electron chi connectivity index (χ1n) is 7.04. The largest absolute Gasteiger partial charge is 0.476 e. The standard InChI is InChI=1S/C13H20N4O4/c1-8(2)6-14-10(18)7-17-12(9-4-3-5-21-9)11(13(19)20)15-16-17/h8-9H,3-7H2,1-2H3,(H,14,18)(H,19,20). The van der Waals surface area contributed by atoms with Crippen LogP contribution in [0.1, 0.15) is 49.0 Å². The van der Waals surface area contributed by atoms with E-state index in [0.717, 1.165) is 6.42 Å². The van der Waals surface area contributed by atoms with Gasteiger partial charge < -0.3 is 15.2 Å². The molecule has 8 nitrogen and oxygen atoms in total. The van der Waals surface area contributed by atoms with E-state index >= 15 is 0 Å². The summed E-state index contributed by atoms with van der Waals surface area (Å²) < 4.78 is 6.84. The van der Waals surface area contributed by atoms with Crippen LogP contribution in [0.4, 0.5) is 0 Å². The first kappa shape index (κ1) is 15.4. The number of hydrogen-bond donors (Lipinski definition) is 2. The van der Waals surface area contributed by atoms with Crippen LogP contribution in [-0.2, 0) is 16.1 Å². The first-order valence-corrected chi connectivity index (χ1v) is 7.04. The third-order valence-electron chi connectivity index (χ3n) is 3.21. The molecule has 2 rings (SSSR count). The molecule has 1 aromatic heterocycles. The third-order valence-corrected chi connectivity index (χ3v) is 3.21. The van der Waals surface area contributed by atoms with Crippen LogP contribution in [0.15, 0.2) is 0 Å². The molecule has 1 aromatic rings. The summed E-state index contributed by atoms with van der Waals surface area (Å²) in [5.74, 6) is -1.03. The molecule has 0 saturated carbocycles. The van der Waals surface area contributed by atoms with Crippen molar-refractivity contribution in [3.05, 3.63) is 11.4 Å². The molecular formula is C13H20N4O4. The van der Waals surface area contributed by atoms with Crippen molar-refractivity contribution in [3.8, 4) is 0 Å². The van der Waals surface area contributed by atoms with Gasteiger partial charge in [0.05, 0.1) is 0 Å². The predicted molar refractivity (Wildman–Crippen MR) is 72.8 cm³/mol. The molecule has 1 unspecified atom stereocenters. The van der Waals surface area contributed by atoms with Crippen molar-refractivity contribution in [2.24, 2.45) is 5.92 Å². The topological polar surface area (TPSA) is 106 Å². The highest BCUT2D eigenvalue weighted by atomic mass is 16.5. The van der Waals surface area contributed by atoms with E-state index in [1.165, 1.54) is 4.68 Å². The van der Waals surface area contributed by atoms with Crippen molar-refractivity contribution in [1.29, 1.82) is 0 Å². The highest BCUT2D eigenvalue weighted by Crippen LogP contribution is 2.30. The van der Waals surface area contributed by atoms with Crippen LogP contribution in [0, 0.1) is 5.92 Å². The fraction of sp³-hybridized carbons (Fsp3) is 0.692. The van der Waals surface area contributed by atoms with Crippen molar-refractivity contribution in [2.75, 3.05) is 13.2 Å². The Hall–Kier alpha value is -1.96. The number of ether oxygens (including phenoxy) is 1. The molecule has 1 atom stereocenters. The van der Waals surface area contributed by atoms with Gasteiger partial charge in [-0.25, -0.2) is 9.48 Å². The summed E-state index contributed by atoms with van der Waals surface area (Å²) in [6.07, 6.45) is 1.21. The van der Waals surface area contributed by atoms with Crippen molar-refractivity contribution in [3.63, 3.8) is 0 Å². The molecule has 2 N–H and O–H groups in total. The van der Waals surface area contributed by atoms with Crippen LogP contribution < -0.4 is 5.32 Å². The number of nitrogens with zero attached hydrogens (tertiary/aromatic N) is 3. The van der Waals surface area contributed by atoms with Gasteiger partial charge >= 0.3 is 5.97 Å². The van der Waals surface area contributed by atoms with Crippen LogP contribution in [-0.4, -0.2) is 45.1 Å². The number of aromatic carboxylic acids is 1. The number of hydrogen-bond acceptors (Lipinski definition) is 5. The van der Waals surface area contributed by atoms with Crippen LogP contribution in [0.2, 0.25) is 0 Å². The zero-order chi connectivity index (χ0) is 15.4. The van der Waals surface area contributed by atoms with Gasteiger partial charge in [0.25, 0.3) is 0 Å². The summed E-state index contributed by atoms with van der Waals surface area (Å²) in [7, 11) is 0. The van der Waals surface area contributed by atoms with Gasteiger partial charge in [-0.3, -0.25) is 4.79 Å². The number of carbonyl (C=O) groups is 2. The Kier molecular flexibility index (Phi) is 4.89. The van der Waals surface area contributed by atoms with Gasteiger partial charge in [-0.2, -0.15) is 0 Å². The molecule has 116 valence electrons. The summed E-state index contributed by atoms with van der Waals surface area (Å²) in [6, 6.07) is 0. The minimum Gasteiger partial charge on any atom is -0.476 e. The third kappa shape index (κ3) is 3.78. The van der Waals surface area contributed by atoms with E-state index < -0.39 is 5.97 Å². The molecule has 1 saturated heterocycles. The van der Waals surface area contributed by atoms with Crippen molar-refractivity contribution in [1.82, 2.24) is 20.3 Å². The summed E-state index contributed by atoms with van der Waals surface area (Å²) >= 11 is 0. The molecule has 1 aliphatic rings. The second-order valence-corrected chi connectivity index (χ2v) is 5.49. The van der Waals surface area contributed by atoms with E-state index in [1.807, 2.05) is 13.8 Å². The molecule has 0 radical (unpaired) electrons. The lowest BCUT2D eigenvalue weighted by atomic mass is 10.1. The highest BCUT2D eigenvalue weighted by Gasteiger charge is 2.30. The normalized spacial score (nSPS) is 18.1. The summed E-state index contributed by atoms with van der Waals surface area (Å²) in [4.78, 5) is 23.1. The van der Waals surface area contributed by atoms with Crippen molar-refractivity contribution in [2.45, 2.75) is 39.3 Å². The average molecular weight is 296 g/mol. The highest BCUT2D eigenvalue weighted by molar-refractivity contribution is 5.86. The van der Waals surface area contributed by atoms with E-state index in [4.69, 9.17) is 4.74 Å². The van der Waals surface area contributed by atoms with Gasteiger partial charge in [0.2, 0.25) is 5.91 Å². The number of amides is 1. The Bertz CT molecular complexity index is 520. The maximum absolute atomic E-state index is 11.9. The molecule has 0 bridgehead atoms. The lowest BCUT2D eigenvalue weighted by Gasteiger charge is -2.13. The predicted octanol–water partition coefficient (Wildman–Crippen LogP) is 0.600. The van der Waals surface area contributed by atoms with Crippen molar-refractivity contribution >= 4 is 11.9 Å². The molecule has 21 heavy (non-hydrogen) atoms. The molecule has 1 amide bonds. The zero-order valence-electron chi connectivity index (χ0n) is 12.2. The number of nitrogens with one attached hydrogen (secondary N) is 1. The average Bonchev–Trinajstić information content (AvgIpc) is 3.04. The lowest BCUT2D eigenvalue weighted by Crippen LogP contribution is -2.31. The fourth-order valence-electron chi connectivity index (χ4n) is 2.21. The van der Waals surface area contributed by atoms with E-state index in [1.54, 1.807) is 0 Å². The summed E-state index contributed by atoms with van der Waals surface area (Å²) in [6.45, 7) is 5.08. The van der Waals surface area contributed by atoms with Crippen LogP contribution >= 0.6 is 0 Å². The van der Waals surface area contributed by atoms with Crippen molar-refractivity contribution < 1.29 is 19.4 Å². The van der Waals surface area contributed by atoms with Gasteiger partial charge in [-0.15, -0.1) is 5.10 Å². The molecule has 0 aromatic carbocycles. The fourth-order valence-corrected chi connectivity index (χ4v) is 2.21. The monoisotopic (exact) mass is 296 g/mol. The molecule has 2 heterocycles. The summed E-state index contributed by atoms with van der Waals surface area (Å²) in [5.41, 5.74) is 0.234. The molecule has 0 spiro atoms. The number of carboxylic acids is 1. The zero-order valence-corrected chi connectivity index (χ0v) is 12.2.